The van der Waals surface area contributed by atoms with Crippen molar-refractivity contribution in [2.45, 2.75) is 5.92 Å². The zero-order valence-corrected chi connectivity index (χ0v) is 12.6. The normalized spacial score (nSPS) is 20.8. The van der Waals surface area contributed by atoms with Crippen molar-refractivity contribution in [1.82, 2.24) is 0 Å². The third-order valence-electron chi connectivity index (χ3n) is 4.39. The van der Waals surface area contributed by atoms with E-state index in [2.05, 4.69) is 12.1 Å². The van der Waals surface area contributed by atoms with E-state index < -0.39 is 17.3 Å². The molecule has 0 unspecified atom stereocenters. The lowest BCUT2D eigenvalue weighted by Gasteiger charge is -2.03. The monoisotopic (exact) mass is 302 g/mol. The molecule has 0 spiro atoms. The lowest BCUT2D eigenvalue weighted by Crippen LogP contribution is -2.08. The number of carbonyl (C=O) groups excluding carboxylic acids is 1. The number of hydrogen-bond acceptors (Lipinski definition) is 4. The first-order valence-corrected chi connectivity index (χ1v) is 7.23. The van der Waals surface area contributed by atoms with Crippen LogP contribution in [0.1, 0.15) is 21.8 Å². The Morgan fingerprint density at radius 3 is 2.17 bits per heavy atom. The van der Waals surface area contributed by atoms with Crippen molar-refractivity contribution in [2.75, 3.05) is 7.11 Å². The Morgan fingerprint density at radius 2 is 1.65 bits per heavy atom. The fourth-order valence-corrected chi connectivity index (χ4v) is 3.10. The van der Waals surface area contributed by atoms with Crippen LogP contribution in [-0.4, -0.2) is 12.9 Å². The second-order valence-corrected chi connectivity index (χ2v) is 5.55. The van der Waals surface area contributed by atoms with Crippen molar-refractivity contribution >= 4 is 5.78 Å². The number of nitriles is 2. The topological polar surface area (TPSA) is 73.9 Å². The summed E-state index contributed by atoms with van der Waals surface area (Å²) in [4.78, 5) is 12.7. The van der Waals surface area contributed by atoms with E-state index in [4.69, 9.17) is 4.74 Å². The number of methoxy groups -OCH3 is 1. The van der Waals surface area contributed by atoms with Crippen LogP contribution >= 0.6 is 0 Å². The number of Topliss-reactive ketones (excluding diaryl/α,β-unsaturated/α-hetero) is 1. The van der Waals surface area contributed by atoms with Gasteiger partial charge in [-0.2, -0.15) is 10.5 Å². The highest BCUT2D eigenvalue weighted by Gasteiger charge is 2.70. The van der Waals surface area contributed by atoms with Gasteiger partial charge in [-0.05, 0) is 17.7 Å². The second-order valence-electron chi connectivity index (χ2n) is 5.55. The highest BCUT2D eigenvalue weighted by Crippen LogP contribution is 2.65. The van der Waals surface area contributed by atoms with Gasteiger partial charge in [0.25, 0.3) is 0 Å². The van der Waals surface area contributed by atoms with Crippen LogP contribution in [0.4, 0.5) is 0 Å². The molecule has 1 saturated carbocycles. The van der Waals surface area contributed by atoms with Crippen LogP contribution < -0.4 is 4.74 Å². The Balaban J connectivity index is 1.97. The van der Waals surface area contributed by atoms with Crippen LogP contribution in [-0.2, 0) is 0 Å². The molecule has 0 saturated heterocycles. The number of ether oxygens (including phenoxy) is 1. The summed E-state index contributed by atoms with van der Waals surface area (Å²) >= 11 is 0. The minimum Gasteiger partial charge on any atom is -0.497 e. The number of benzene rings is 2. The summed E-state index contributed by atoms with van der Waals surface area (Å²) in [7, 11) is 1.57. The van der Waals surface area contributed by atoms with E-state index in [1.165, 1.54) is 0 Å². The molecule has 3 rings (SSSR count). The molecule has 0 amide bonds. The van der Waals surface area contributed by atoms with Gasteiger partial charge in [-0.3, -0.25) is 4.79 Å². The molecular formula is C19H14N2O2. The lowest BCUT2D eigenvalue weighted by molar-refractivity contribution is 0.0958. The average molecular weight is 302 g/mol. The van der Waals surface area contributed by atoms with Crippen LogP contribution in [0.25, 0.3) is 0 Å². The Labute approximate surface area is 134 Å². The predicted octanol–water partition coefficient (Wildman–Crippen LogP) is 3.33. The summed E-state index contributed by atoms with van der Waals surface area (Å²) in [6.45, 7) is 0. The molecule has 2 aromatic carbocycles. The van der Waals surface area contributed by atoms with Gasteiger partial charge in [0.2, 0.25) is 0 Å². The summed E-state index contributed by atoms with van der Waals surface area (Å²) in [5.74, 6) is -0.501. The maximum atomic E-state index is 12.7. The van der Waals surface area contributed by atoms with Crippen molar-refractivity contribution < 1.29 is 9.53 Å². The van der Waals surface area contributed by atoms with Gasteiger partial charge >= 0.3 is 0 Å². The molecule has 4 nitrogen and oxygen atoms in total. The second kappa shape index (κ2) is 5.59. The van der Waals surface area contributed by atoms with E-state index in [9.17, 15) is 15.3 Å². The molecule has 0 heterocycles. The first-order valence-electron chi connectivity index (χ1n) is 7.23. The quantitative estimate of drug-likeness (QED) is 0.812. The minimum atomic E-state index is -1.29. The first kappa shape index (κ1) is 14.8. The van der Waals surface area contributed by atoms with Gasteiger partial charge in [-0.25, -0.2) is 0 Å². The average Bonchev–Trinajstić information content (AvgIpc) is 3.31. The number of carbonyl (C=O) groups is 1. The van der Waals surface area contributed by atoms with E-state index in [1.54, 1.807) is 43.5 Å². The molecule has 0 aliphatic heterocycles. The SMILES string of the molecule is COc1ccc([C@@H]2[C@@H](C(=O)c3ccccc3)C2(C#N)C#N)cc1. The molecular weight excluding hydrogens is 288 g/mol. The van der Waals surface area contributed by atoms with E-state index in [0.29, 0.717) is 11.3 Å². The molecule has 0 N–H and O–H groups in total. The van der Waals surface area contributed by atoms with E-state index >= 15 is 0 Å². The summed E-state index contributed by atoms with van der Waals surface area (Å²) < 4.78 is 5.12. The van der Waals surface area contributed by atoms with Crippen molar-refractivity contribution in [3.8, 4) is 17.9 Å². The zero-order valence-electron chi connectivity index (χ0n) is 12.6. The number of hydrogen-bond donors (Lipinski definition) is 0. The van der Waals surface area contributed by atoms with Gasteiger partial charge in [0, 0.05) is 11.5 Å². The fraction of sp³-hybridized carbons (Fsp3) is 0.211. The maximum Gasteiger partial charge on any atom is 0.169 e. The molecule has 2 atom stereocenters. The molecule has 1 fully saturated rings. The van der Waals surface area contributed by atoms with Crippen LogP contribution in [0, 0.1) is 34.0 Å². The van der Waals surface area contributed by atoms with Crippen LogP contribution in [0.5, 0.6) is 5.75 Å². The molecule has 2 aromatic rings. The van der Waals surface area contributed by atoms with Gasteiger partial charge in [-0.1, -0.05) is 42.5 Å². The molecule has 4 heteroatoms. The van der Waals surface area contributed by atoms with Gasteiger partial charge in [-0.15, -0.1) is 0 Å². The van der Waals surface area contributed by atoms with Gasteiger partial charge < -0.3 is 4.74 Å². The van der Waals surface area contributed by atoms with Crippen LogP contribution in [0.15, 0.2) is 54.6 Å². The Hall–Kier alpha value is -3.11. The fourth-order valence-electron chi connectivity index (χ4n) is 3.10. The summed E-state index contributed by atoms with van der Waals surface area (Å²) in [5.41, 5.74) is 0.0492. The summed E-state index contributed by atoms with van der Waals surface area (Å²) in [6, 6.07) is 20.1. The van der Waals surface area contributed by atoms with Crippen molar-refractivity contribution in [1.29, 1.82) is 10.5 Å². The molecule has 0 aromatic heterocycles. The smallest absolute Gasteiger partial charge is 0.169 e. The lowest BCUT2D eigenvalue weighted by atomic mass is 10.0. The molecule has 112 valence electrons. The minimum absolute atomic E-state index is 0.158. The highest BCUT2D eigenvalue weighted by atomic mass is 16.5. The predicted molar refractivity (Wildman–Crippen MR) is 83.7 cm³/mol. The Bertz CT molecular complexity index is 799. The van der Waals surface area contributed by atoms with E-state index in [1.807, 2.05) is 18.2 Å². The largest absolute Gasteiger partial charge is 0.497 e. The number of ketones is 1. The zero-order chi connectivity index (χ0) is 16.4. The molecule has 0 bridgehead atoms. The van der Waals surface area contributed by atoms with E-state index in [-0.39, 0.29) is 5.78 Å². The van der Waals surface area contributed by atoms with Crippen molar-refractivity contribution in [2.24, 2.45) is 11.3 Å². The highest BCUT2D eigenvalue weighted by molar-refractivity contribution is 6.02. The molecule has 23 heavy (non-hydrogen) atoms. The number of rotatable bonds is 4. The van der Waals surface area contributed by atoms with Crippen LogP contribution in [0.3, 0.4) is 0 Å². The van der Waals surface area contributed by atoms with E-state index in [0.717, 1.165) is 5.56 Å². The number of nitrogens with zero attached hydrogens (tertiary/aromatic N) is 2. The maximum absolute atomic E-state index is 12.7. The standard InChI is InChI=1S/C19H14N2O2/c1-23-15-9-7-13(8-10-15)16-17(19(16,11-20)12-21)18(22)14-5-3-2-4-6-14/h2-10,16-17H,1H3/t16-,17+/m1/s1. The summed E-state index contributed by atoms with van der Waals surface area (Å²) in [6.07, 6.45) is 0. The third kappa shape index (κ3) is 2.25. The van der Waals surface area contributed by atoms with Crippen molar-refractivity contribution in [3.63, 3.8) is 0 Å². The first-order chi connectivity index (χ1) is 11.2. The van der Waals surface area contributed by atoms with Gasteiger partial charge in [0.15, 0.2) is 11.2 Å². The molecule has 1 aliphatic rings. The summed E-state index contributed by atoms with van der Waals surface area (Å²) in [5, 5.41) is 19.0. The van der Waals surface area contributed by atoms with Gasteiger partial charge in [0.1, 0.15) is 5.75 Å². The molecule has 1 aliphatic carbocycles. The van der Waals surface area contributed by atoms with Crippen molar-refractivity contribution in [3.05, 3.63) is 65.7 Å². The Morgan fingerprint density at radius 1 is 1.04 bits per heavy atom. The Kier molecular flexibility index (Phi) is 3.60. The third-order valence-corrected chi connectivity index (χ3v) is 4.39. The van der Waals surface area contributed by atoms with Gasteiger partial charge in [0.05, 0.1) is 25.2 Å². The van der Waals surface area contributed by atoms with Crippen LogP contribution in [0.2, 0.25) is 0 Å². The molecule has 0 radical (unpaired) electrons.